The smallest absolute Gasteiger partial charge is 0.411 e. The molecule has 0 bridgehead atoms. The summed E-state index contributed by atoms with van der Waals surface area (Å²) in [5.74, 6) is 0. The second kappa shape index (κ2) is 5.09. The zero-order chi connectivity index (χ0) is 15.0. The van der Waals surface area contributed by atoms with Crippen LogP contribution < -0.4 is 5.73 Å². The maximum Gasteiger partial charge on any atom is 0.411 e. The van der Waals surface area contributed by atoms with E-state index in [4.69, 9.17) is 10.5 Å². The second-order valence-electron chi connectivity index (χ2n) is 6.43. The molecular formula is C16H24N2O2. The molecule has 1 saturated heterocycles. The van der Waals surface area contributed by atoms with Crippen LogP contribution in [0.25, 0.3) is 0 Å². The number of aryl methyl sites for hydroxylation is 1. The van der Waals surface area contributed by atoms with Crippen molar-refractivity contribution in [2.24, 2.45) is 5.73 Å². The molecule has 1 aromatic rings. The molecule has 2 rings (SSSR count). The van der Waals surface area contributed by atoms with Crippen LogP contribution in [0.1, 0.15) is 38.3 Å². The highest BCUT2D eigenvalue weighted by Crippen LogP contribution is 2.41. The summed E-state index contributed by atoms with van der Waals surface area (Å²) < 4.78 is 5.49. The van der Waals surface area contributed by atoms with Crippen molar-refractivity contribution >= 4 is 6.09 Å². The fraction of sp³-hybridized carbons (Fsp3) is 0.562. The summed E-state index contributed by atoms with van der Waals surface area (Å²) in [6, 6.07) is 8.10. The van der Waals surface area contributed by atoms with Gasteiger partial charge in [-0.05, 0) is 45.2 Å². The standard InChI is InChI=1S/C16H24N2O2/c1-12-7-5-6-8-13(12)16(11-17)9-10-18(16)14(19)20-15(2,3)4/h5-8H,9-11,17H2,1-4H3. The highest BCUT2D eigenvalue weighted by atomic mass is 16.6. The Hall–Kier alpha value is -1.55. The van der Waals surface area contributed by atoms with E-state index in [0.29, 0.717) is 13.1 Å². The lowest BCUT2D eigenvalue weighted by atomic mass is 9.76. The van der Waals surface area contributed by atoms with Crippen molar-refractivity contribution in [3.63, 3.8) is 0 Å². The first kappa shape index (κ1) is 14.9. The number of hydrogen-bond acceptors (Lipinski definition) is 3. The summed E-state index contributed by atoms with van der Waals surface area (Å²) in [6.45, 7) is 8.80. The van der Waals surface area contributed by atoms with E-state index >= 15 is 0 Å². The van der Waals surface area contributed by atoms with Gasteiger partial charge in [-0.1, -0.05) is 24.3 Å². The van der Waals surface area contributed by atoms with Gasteiger partial charge in [0.2, 0.25) is 0 Å². The summed E-state index contributed by atoms with van der Waals surface area (Å²) in [6.07, 6.45) is 0.602. The number of ether oxygens (including phenoxy) is 1. The Kier molecular flexibility index (Phi) is 3.78. The number of carbonyl (C=O) groups excluding carboxylic acids is 1. The van der Waals surface area contributed by atoms with Gasteiger partial charge < -0.3 is 10.5 Å². The van der Waals surface area contributed by atoms with Crippen molar-refractivity contribution in [1.29, 1.82) is 0 Å². The average Bonchev–Trinajstić information content (AvgIpc) is 2.29. The molecule has 1 unspecified atom stereocenters. The summed E-state index contributed by atoms with van der Waals surface area (Å²) in [7, 11) is 0. The molecule has 2 N–H and O–H groups in total. The first-order valence-corrected chi connectivity index (χ1v) is 7.07. The average molecular weight is 276 g/mol. The Labute approximate surface area is 120 Å². The van der Waals surface area contributed by atoms with Crippen molar-refractivity contribution < 1.29 is 9.53 Å². The monoisotopic (exact) mass is 276 g/mol. The van der Waals surface area contributed by atoms with Crippen LogP contribution in [0, 0.1) is 6.92 Å². The molecule has 1 aliphatic heterocycles. The number of hydrogen-bond donors (Lipinski definition) is 1. The van der Waals surface area contributed by atoms with Gasteiger partial charge in [-0.25, -0.2) is 4.79 Å². The minimum Gasteiger partial charge on any atom is -0.444 e. The van der Waals surface area contributed by atoms with Crippen LogP contribution in [0.3, 0.4) is 0 Å². The lowest BCUT2D eigenvalue weighted by Crippen LogP contribution is -2.64. The number of nitrogens with two attached hydrogens (primary N) is 1. The number of amides is 1. The number of carbonyl (C=O) groups is 1. The Bertz CT molecular complexity index is 503. The van der Waals surface area contributed by atoms with Crippen LogP contribution >= 0.6 is 0 Å². The largest absolute Gasteiger partial charge is 0.444 e. The Balaban J connectivity index is 2.29. The molecule has 1 atom stereocenters. The van der Waals surface area contributed by atoms with Gasteiger partial charge in [0, 0.05) is 13.1 Å². The van der Waals surface area contributed by atoms with Gasteiger partial charge in [0.1, 0.15) is 5.60 Å². The van der Waals surface area contributed by atoms with E-state index in [9.17, 15) is 4.79 Å². The third kappa shape index (κ3) is 2.52. The predicted molar refractivity (Wildman–Crippen MR) is 79.5 cm³/mol. The molecule has 0 saturated carbocycles. The number of likely N-dealkylation sites (tertiary alicyclic amines) is 1. The molecule has 0 spiro atoms. The lowest BCUT2D eigenvalue weighted by molar-refractivity contribution is -0.0442. The molecule has 1 heterocycles. The van der Waals surface area contributed by atoms with Gasteiger partial charge in [0.15, 0.2) is 0 Å². The maximum atomic E-state index is 12.3. The van der Waals surface area contributed by atoms with E-state index in [2.05, 4.69) is 19.1 Å². The van der Waals surface area contributed by atoms with Crippen LogP contribution in [0.4, 0.5) is 4.79 Å². The van der Waals surface area contributed by atoms with E-state index in [1.165, 1.54) is 0 Å². The van der Waals surface area contributed by atoms with Gasteiger partial charge in [-0.2, -0.15) is 0 Å². The molecule has 1 aliphatic rings. The van der Waals surface area contributed by atoms with Crippen LogP contribution in [0.2, 0.25) is 0 Å². The molecule has 1 amide bonds. The highest BCUT2D eigenvalue weighted by molar-refractivity contribution is 5.71. The fourth-order valence-electron chi connectivity index (χ4n) is 2.77. The van der Waals surface area contributed by atoms with Gasteiger partial charge in [-0.3, -0.25) is 4.90 Å². The van der Waals surface area contributed by atoms with E-state index in [1.54, 1.807) is 4.90 Å². The molecule has 1 fully saturated rings. The molecular weight excluding hydrogens is 252 g/mol. The van der Waals surface area contributed by atoms with E-state index < -0.39 is 11.1 Å². The number of benzene rings is 1. The number of nitrogens with zero attached hydrogens (tertiary/aromatic N) is 1. The van der Waals surface area contributed by atoms with Crippen LogP contribution in [0.5, 0.6) is 0 Å². The summed E-state index contributed by atoms with van der Waals surface area (Å²) in [5.41, 5.74) is 7.40. The van der Waals surface area contributed by atoms with Crippen molar-refractivity contribution in [1.82, 2.24) is 4.90 Å². The Morgan fingerprint density at radius 2 is 2.05 bits per heavy atom. The molecule has 4 heteroatoms. The Morgan fingerprint density at radius 1 is 1.40 bits per heavy atom. The molecule has 4 nitrogen and oxygen atoms in total. The van der Waals surface area contributed by atoms with Gasteiger partial charge in [0.05, 0.1) is 5.54 Å². The molecule has 110 valence electrons. The topological polar surface area (TPSA) is 55.6 Å². The second-order valence-corrected chi connectivity index (χ2v) is 6.43. The summed E-state index contributed by atoms with van der Waals surface area (Å²) >= 11 is 0. The molecule has 0 aromatic heterocycles. The summed E-state index contributed by atoms with van der Waals surface area (Å²) in [4.78, 5) is 14.1. The zero-order valence-corrected chi connectivity index (χ0v) is 12.8. The third-order valence-electron chi connectivity index (χ3n) is 3.86. The molecule has 1 aromatic carbocycles. The molecule has 0 radical (unpaired) electrons. The van der Waals surface area contributed by atoms with Gasteiger partial charge in [0.25, 0.3) is 0 Å². The highest BCUT2D eigenvalue weighted by Gasteiger charge is 2.49. The molecule has 20 heavy (non-hydrogen) atoms. The predicted octanol–water partition coefficient (Wildman–Crippen LogP) is 2.79. The van der Waals surface area contributed by atoms with Gasteiger partial charge in [-0.15, -0.1) is 0 Å². The fourth-order valence-corrected chi connectivity index (χ4v) is 2.77. The SMILES string of the molecule is Cc1ccccc1C1(CN)CCN1C(=O)OC(C)(C)C. The number of rotatable bonds is 2. The summed E-state index contributed by atoms with van der Waals surface area (Å²) in [5, 5.41) is 0. The van der Waals surface area contributed by atoms with Crippen molar-refractivity contribution in [2.75, 3.05) is 13.1 Å². The molecule has 0 aliphatic carbocycles. The van der Waals surface area contributed by atoms with Crippen molar-refractivity contribution in [3.05, 3.63) is 35.4 Å². The van der Waals surface area contributed by atoms with Gasteiger partial charge >= 0.3 is 6.09 Å². The van der Waals surface area contributed by atoms with Crippen LogP contribution in [0.15, 0.2) is 24.3 Å². The quantitative estimate of drug-likeness (QED) is 0.903. The zero-order valence-electron chi connectivity index (χ0n) is 12.8. The maximum absolute atomic E-state index is 12.3. The van der Waals surface area contributed by atoms with Crippen LogP contribution in [-0.2, 0) is 10.3 Å². The first-order chi connectivity index (χ1) is 9.30. The van der Waals surface area contributed by atoms with Crippen molar-refractivity contribution in [2.45, 2.75) is 45.3 Å². The van der Waals surface area contributed by atoms with Crippen LogP contribution in [-0.4, -0.2) is 29.7 Å². The van der Waals surface area contributed by atoms with E-state index in [1.807, 2.05) is 32.9 Å². The van der Waals surface area contributed by atoms with E-state index in [-0.39, 0.29) is 6.09 Å². The Morgan fingerprint density at radius 3 is 2.50 bits per heavy atom. The van der Waals surface area contributed by atoms with E-state index in [0.717, 1.165) is 17.5 Å². The normalized spacial score (nSPS) is 22.4. The first-order valence-electron chi connectivity index (χ1n) is 7.07. The minimum atomic E-state index is -0.487. The minimum absolute atomic E-state index is 0.280. The lowest BCUT2D eigenvalue weighted by Gasteiger charge is -2.52. The van der Waals surface area contributed by atoms with Crippen molar-refractivity contribution in [3.8, 4) is 0 Å². The third-order valence-corrected chi connectivity index (χ3v) is 3.86.